The summed E-state index contributed by atoms with van der Waals surface area (Å²) in [5.74, 6) is -0.0982. The van der Waals surface area contributed by atoms with Crippen LogP contribution in [0.1, 0.15) is 52.4 Å². The molecule has 3 rings (SSSR count). The van der Waals surface area contributed by atoms with Crippen LogP contribution in [0, 0.1) is 5.41 Å². The van der Waals surface area contributed by atoms with Crippen molar-refractivity contribution in [3.63, 3.8) is 0 Å². The molecule has 2 amide bonds. The topological polar surface area (TPSA) is 52.7 Å². The van der Waals surface area contributed by atoms with Gasteiger partial charge in [-0.15, -0.1) is 0 Å². The Balaban J connectivity index is 1.64. The number of carbonyl (C=O) groups excluding carboxylic acids is 2. The quantitative estimate of drug-likeness (QED) is 0.791. The van der Waals surface area contributed by atoms with Crippen molar-refractivity contribution in [3.05, 3.63) is 24.3 Å². The number of hydrogen-bond acceptors (Lipinski definition) is 3. The van der Waals surface area contributed by atoms with Crippen LogP contribution in [-0.4, -0.2) is 42.9 Å². The van der Waals surface area contributed by atoms with Gasteiger partial charge in [-0.3, -0.25) is 9.59 Å². The number of amides is 2. The van der Waals surface area contributed by atoms with E-state index >= 15 is 0 Å². The van der Waals surface area contributed by atoms with E-state index in [4.69, 9.17) is 0 Å². The van der Waals surface area contributed by atoms with Crippen molar-refractivity contribution in [2.75, 3.05) is 36.4 Å². The molecular weight excluding hydrogens is 326 g/mol. The van der Waals surface area contributed by atoms with Gasteiger partial charge in [-0.1, -0.05) is 12.8 Å². The van der Waals surface area contributed by atoms with Crippen molar-refractivity contribution in [1.82, 2.24) is 4.90 Å². The van der Waals surface area contributed by atoms with Gasteiger partial charge in [0.05, 0.1) is 0 Å². The molecule has 1 heterocycles. The van der Waals surface area contributed by atoms with Gasteiger partial charge >= 0.3 is 0 Å². The Bertz CT molecular complexity index is 625. The number of nitrogens with zero attached hydrogens (tertiary/aromatic N) is 2. The van der Waals surface area contributed by atoms with Crippen LogP contribution in [0.15, 0.2) is 24.3 Å². The smallest absolute Gasteiger partial charge is 0.240 e. The Morgan fingerprint density at radius 1 is 1.00 bits per heavy atom. The molecule has 26 heavy (non-hydrogen) atoms. The van der Waals surface area contributed by atoms with Gasteiger partial charge < -0.3 is 15.1 Å². The number of carbonyl (C=O) groups is 2. The minimum absolute atomic E-state index is 0.0386. The van der Waals surface area contributed by atoms with Crippen molar-refractivity contribution >= 4 is 23.2 Å². The number of nitrogens with one attached hydrogen (secondary N) is 1. The Morgan fingerprint density at radius 2 is 1.58 bits per heavy atom. The molecule has 0 atom stereocenters. The molecule has 0 bridgehead atoms. The maximum absolute atomic E-state index is 12.9. The molecule has 0 unspecified atom stereocenters. The van der Waals surface area contributed by atoms with Crippen molar-refractivity contribution in [1.29, 1.82) is 0 Å². The fourth-order valence-corrected chi connectivity index (χ4v) is 3.83. The summed E-state index contributed by atoms with van der Waals surface area (Å²) in [5.41, 5.74) is 1.10. The molecule has 1 aromatic rings. The molecule has 5 heteroatoms. The lowest BCUT2D eigenvalue weighted by Gasteiger charge is -2.25. The molecule has 142 valence electrons. The highest BCUT2D eigenvalue weighted by molar-refractivity contribution is 6.13. The Hall–Kier alpha value is -2.04. The van der Waals surface area contributed by atoms with E-state index in [0.717, 1.165) is 50.4 Å². The Morgan fingerprint density at radius 3 is 2.08 bits per heavy atom. The van der Waals surface area contributed by atoms with Crippen LogP contribution in [-0.2, 0) is 9.59 Å². The van der Waals surface area contributed by atoms with Gasteiger partial charge in [0.15, 0.2) is 0 Å². The van der Waals surface area contributed by atoms with Crippen LogP contribution < -0.4 is 10.2 Å². The highest BCUT2D eigenvalue weighted by Crippen LogP contribution is 2.48. The van der Waals surface area contributed by atoms with Crippen molar-refractivity contribution in [2.24, 2.45) is 5.41 Å². The van der Waals surface area contributed by atoms with Gasteiger partial charge in [0.25, 0.3) is 0 Å². The second kappa shape index (κ2) is 8.11. The van der Waals surface area contributed by atoms with Crippen LogP contribution in [0.5, 0.6) is 0 Å². The van der Waals surface area contributed by atoms with E-state index in [9.17, 15) is 9.59 Å². The van der Waals surface area contributed by atoms with Crippen LogP contribution in [0.25, 0.3) is 0 Å². The molecule has 1 N–H and O–H groups in total. The zero-order valence-electron chi connectivity index (χ0n) is 16.1. The molecule has 0 radical (unpaired) electrons. The Kier molecular flexibility index (Phi) is 5.84. The summed E-state index contributed by atoms with van der Waals surface area (Å²) in [4.78, 5) is 30.0. The van der Waals surface area contributed by atoms with E-state index in [2.05, 4.69) is 24.1 Å². The fraction of sp³-hybridized carbons (Fsp3) is 0.619. The first-order valence-electron chi connectivity index (χ1n) is 10.1. The molecule has 2 fully saturated rings. The minimum Gasteiger partial charge on any atom is -0.372 e. The van der Waals surface area contributed by atoms with E-state index in [1.54, 1.807) is 0 Å². The van der Waals surface area contributed by atoms with Gasteiger partial charge in [0.1, 0.15) is 5.41 Å². The van der Waals surface area contributed by atoms with Crippen LogP contribution in [0.2, 0.25) is 0 Å². The second-order valence-corrected chi connectivity index (χ2v) is 7.46. The van der Waals surface area contributed by atoms with Gasteiger partial charge in [0, 0.05) is 37.6 Å². The number of benzene rings is 1. The maximum atomic E-state index is 12.9. The normalized spacial score (nSPS) is 18.8. The van der Waals surface area contributed by atoms with Gasteiger partial charge in [-0.25, -0.2) is 0 Å². The molecular formula is C21H31N3O2. The van der Waals surface area contributed by atoms with E-state index in [0.29, 0.717) is 12.8 Å². The van der Waals surface area contributed by atoms with Crippen molar-refractivity contribution < 1.29 is 9.59 Å². The largest absolute Gasteiger partial charge is 0.372 e. The van der Waals surface area contributed by atoms with Gasteiger partial charge in [0.2, 0.25) is 11.8 Å². The van der Waals surface area contributed by atoms with Gasteiger partial charge in [-0.05, 0) is 63.8 Å². The highest BCUT2D eigenvalue weighted by atomic mass is 16.2. The summed E-state index contributed by atoms with van der Waals surface area (Å²) in [6.45, 7) is 7.76. The number of likely N-dealkylation sites (tertiary alicyclic amines) is 1. The van der Waals surface area contributed by atoms with Crippen LogP contribution >= 0.6 is 0 Å². The summed E-state index contributed by atoms with van der Waals surface area (Å²) in [5, 5.41) is 2.98. The number of rotatable bonds is 6. The molecule has 5 nitrogen and oxygen atoms in total. The summed E-state index contributed by atoms with van der Waals surface area (Å²) in [7, 11) is 0. The molecule has 0 aromatic heterocycles. The average Bonchev–Trinajstić information content (AvgIpc) is 3.48. The molecule has 1 saturated heterocycles. The maximum Gasteiger partial charge on any atom is 0.240 e. The van der Waals surface area contributed by atoms with Crippen LogP contribution in [0.4, 0.5) is 11.4 Å². The number of anilines is 2. The van der Waals surface area contributed by atoms with E-state index in [-0.39, 0.29) is 11.8 Å². The van der Waals surface area contributed by atoms with Crippen molar-refractivity contribution in [2.45, 2.75) is 52.4 Å². The molecule has 2 aliphatic rings. The predicted molar refractivity (Wildman–Crippen MR) is 105 cm³/mol. The zero-order chi connectivity index (χ0) is 18.6. The standard InChI is InChI=1S/C21H31N3O2/c1-3-23(4-2)18-11-9-17(10-12-18)22-19(25)21(13-14-21)20(26)24-15-7-5-6-8-16-24/h9-12H,3-8,13-16H2,1-2H3,(H,22,25). The van der Waals surface area contributed by atoms with Crippen LogP contribution in [0.3, 0.4) is 0 Å². The third-order valence-electron chi connectivity index (χ3n) is 5.74. The lowest BCUT2D eigenvalue weighted by molar-refractivity contribution is -0.142. The third-order valence-corrected chi connectivity index (χ3v) is 5.74. The fourth-order valence-electron chi connectivity index (χ4n) is 3.83. The summed E-state index contributed by atoms with van der Waals surface area (Å²) in [6.07, 6.45) is 5.81. The molecule has 1 aliphatic carbocycles. The van der Waals surface area contributed by atoms with Crippen molar-refractivity contribution in [3.8, 4) is 0 Å². The zero-order valence-corrected chi connectivity index (χ0v) is 16.1. The lowest BCUT2D eigenvalue weighted by atomic mass is 10.0. The molecule has 1 aromatic carbocycles. The SMILES string of the molecule is CCN(CC)c1ccc(NC(=O)C2(C(=O)N3CCCCCC3)CC2)cc1. The lowest BCUT2D eigenvalue weighted by Crippen LogP contribution is -2.43. The van der Waals surface area contributed by atoms with E-state index in [1.165, 1.54) is 12.8 Å². The minimum atomic E-state index is -0.818. The van der Waals surface area contributed by atoms with E-state index < -0.39 is 5.41 Å². The third kappa shape index (κ3) is 3.87. The molecule has 1 aliphatic heterocycles. The Labute approximate surface area is 156 Å². The first-order chi connectivity index (χ1) is 12.6. The first kappa shape index (κ1) is 18.7. The molecule has 0 spiro atoms. The average molecular weight is 357 g/mol. The molecule has 1 saturated carbocycles. The van der Waals surface area contributed by atoms with Gasteiger partial charge in [-0.2, -0.15) is 0 Å². The van der Waals surface area contributed by atoms with E-state index in [1.807, 2.05) is 29.2 Å². The highest BCUT2D eigenvalue weighted by Gasteiger charge is 2.57. The monoisotopic (exact) mass is 357 g/mol. The predicted octanol–water partition coefficient (Wildman–Crippen LogP) is 3.65. The summed E-state index contributed by atoms with van der Waals surface area (Å²) in [6, 6.07) is 7.91. The number of hydrogen-bond donors (Lipinski definition) is 1. The summed E-state index contributed by atoms with van der Waals surface area (Å²) >= 11 is 0. The first-order valence-corrected chi connectivity index (χ1v) is 10.1. The second-order valence-electron chi connectivity index (χ2n) is 7.46. The summed E-state index contributed by atoms with van der Waals surface area (Å²) < 4.78 is 0.